The van der Waals surface area contributed by atoms with E-state index < -0.39 is 0 Å². The molecule has 1 aromatic rings. The van der Waals surface area contributed by atoms with Gasteiger partial charge in [-0.25, -0.2) is 0 Å². The normalized spacial score (nSPS) is 10.4. The number of furan rings is 1. The van der Waals surface area contributed by atoms with Crippen LogP contribution in [0, 0.1) is 11.3 Å². The van der Waals surface area contributed by atoms with Crippen LogP contribution in [-0.4, -0.2) is 44.2 Å². The Hall–Kier alpha value is -1.84. The SMILES string of the molecule is COCCN(CC(=O)NCCC#N)Cc1ccco1. The van der Waals surface area contributed by atoms with E-state index in [9.17, 15) is 4.79 Å². The number of ether oxygens (including phenoxy) is 1. The lowest BCUT2D eigenvalue weighted by Crippen LogP contribution is -2.38. The molecule has 0 fully saturated rings. The zero-order chi connectivity index (χ0) is 13.9. The molecule has 0 unspecified atom stereocenters. The van der Waals surface area contributed by atoms with Crippen molar-refractivity contribution in [3.63, 3.8) is 0 Å². The maximum atomic E-state index is 11.7. The van der Waals surface area contributed by atoms with Crippen LogP contribution in [0.4, 0.5) is 0 Å². The zero-order valence-electron chi connectivity index (χ0n) is 11.1. The third-order valence-electron chi connectivity index (χ3n) is 2.50. The number of carbonyl (C=O) groups excluding carboxylic acids is 1. The molecule has 0 radical (unpaired) electrons. The molecule has 1 rings (SSSR count). The second kappa shape index (κ2) is 9.14. The summed E-state index contributed by atoms with van der Waals surface area (Å²) in [5.74, 6) is 0.707. The molecule has 0 saturated carbocycles. The average molecular weight is 265 g/mol. The van der Waals surface area contributed by atoms with E-state index >= 15 is 0 Å². The summed E-state index contributed by atoms with van der Waals surface area (Å²) in [4.78, 5) is 13.6. The van der Waals surface area contributed by atoms with Crippen LogP contribution < -0.4 is 5.32 Å². The summed E-state index contributed by atoms with van der Waals surface area (Å²) in [5, 5.41) is 11.1. The van der Waals surface area contributed by atoms with Gasteiger partial charge in [0.25, 0.3) is 0 Å². The van der Waals surface area contributed by atoms with Crippen molar-refractivity contribution < 1.29 is 13.9 Å². The fourth-order valence-corrected chi connectivity index (χ4v) is 1.57. The third-order valence-corrected chi connectivity index (χ3v) is 2.50. The topological polar surface area (TPSA) is 78.5 Å². The Morgan fingerprint density at radius 2 is 2.47 bits per heavy atom. The van der Waals surface area contributed by atoms with Crippen molar-refractivity contribution in [3.8, 4) is 6.07 Å². The molecule has 0 saturated heterocycles. The van der Waals surface area contributed by atoms with Crippen molar-refractivity contribution in [3.05, 3.63) is 24.2 Å². The molecule has 6 nitrogen and oxygen atoms in total. The zero-order valence-corrected chi connectivity index (χ0v) is 11.1. The predicted molar refractivity (Wildman–Crippen MR) is 69.1 cm³/mol. The Morgan fingerprint density at radius 1 is 1.63 bits per heavy atom. The Labute approximate surface area is 112 Å². The van der Waals surface area contributed by atoms with Crippen molar-refractivity contribution in [2.24, 2.45) is 0 Å². The van der Waals surface area contributed by atoms with Gasteiger partial charge in [-0.15, -0.1) is 0 Å². The number of hydrogen-bond acceptors (Lipinski definition) is 5. The van der Waals surface area contributed by atoms with Gasteiger partial charge in [-0.2, -0.15) is 5.26 Å². The lowest BCUT2D eigenvalue weighted by molar-refractivity contribution is -0.122. The molecule has 19 heavy (non-hydrogen) atoms. The van der Waals surface area contributed by atoms with Gasteiger partial charge >= 0.3 is 0 Å². The van der Waals surface area contributed by atoms with E-state index in [4.69, 9.17) is 14.4 Å². The summed E-state index contributed by atoms with van der Waals surface area (Å²) >= 11 is 0. The van der Waals surface area contributed by atoms with Gasteiger partial charge < -0.3 is 14.5 Å². The summed E-state index contributed by atoms with van der Waals surface area (Å²) in [6, 6.07) is 5.67. The molecular weight excluding hydrogens is 246 g/mol. The van der Waals surface area contributed by atoms with E-state index in [0.717, 1.165) is 5.76 Å². The lowest BCUT2D eigenvalue weighted by atomic mass is 10.3. The van der Waals surface area contributed by atoms with Gasteiger partial charge in [0.15, 0.2) is 0 Å². The molecule has 0 aromatic carbocycles. The molecule has 1 heterocycles. The summed E-state index contributed by atoms with van der Waals surface area (Å²) in [5.41, 5.74) is 0. The van der Waals surface area contributed by atoms with E-state index in [0.29, 0.717) is 32.7 Å². The number of hydrogen-bond donors (Lipinski definition) is 1. The standard InChI is InChI=1S/C13H19N3O3/c1-18-9-7-16(10-12-4-2-8-19-12)11-13(17)15-6-3-5-14/h2,4,8H,3,6-7,9-11H2,1H3,(H,15,17). The van der Waals surface area contributed by atoms with Crippen LogP contribution in [0.5, 0.6) is 0 Å². The van der Waals surface area contributed by atoms with E-state index in [1.165, 1.54) is 0 Å². The van der Waals surface area contributed by atoms with Gasteiger partial charge in [-0.05, 0) is 12.1 Å². The van der Waals surface area contributed by atoms with Crippen LogP contribution in [0.3, 0.4) is 0 Å². The monoisotopic (exact) mass is 265 g/mol. The molecule has 0 aliphatic rings. The second-order valence-corrected chi connectivity index (χ2v) is 4.04. The van der Waals surface area contributed by atoms with Gasteiger partial charge in [0.2, 0.25) is 5.91 Å². The molecule has 1 N–H and O–H groups in total. The summed E-state index contributed by atoms with van der Waals surface area (Å²) in [6.45, 7) is 2.39. The van der Waals surface area contributed by atoms with Gasteiger partial charge in [-0.3, -0.25) is 9.69 Å². The summed E-state index contributed by atoms with van der Waals surface area (Å²) in [7, 11) is 1.62. The Bertz CT molecular complexity index is 398. The van der Waals surface area contributed by atoms with E-state index in [1.54, 1.807) is 13.4 Å². The van der Waals surface area contributed by atoms with Gasteiger partial charge in [0.1, 0.15) is 5.76 Å². The number of nitrogens with zero attached hydrogens (tertiary/aromatic N) is 2. The van der Waals surface area contributed by atoms with Crippen molar-refractivity contribution in [2.75, 3.05) is 33.4 Å². The highest BCUT2D eigenvalue weighted by atomic mass is 16.5. The first-order valence-electron chi connectivity index (χ1n) is 6.13. The highest BCUT2D eigenvalue weighted by molar-refractivity contribution is 5.77. The third kappa shape index (κ3) is 6.60. The molecule has 0 spiro atoms. The van der Waals surface area contributed by atoms with E-state index in [2.05, 4.69) is 5.32 Å². The quantitative estimate of drug-likeness (QED) is 0.667. The maximum absolute atomic E-state index is 11.7. The van der Waals surface area contributed by atoms with Crippen LogP contribution in [0.2, 0.25) is 0 Å². The molecule has 104 valence electrons. The van der Waals surface area contributed by atoms with Crippen LogP contribution in [0.15, 0.2) is 22.8 Å². The van der Waals surface area contributed by atoms with E-state index in [-0.39, 0.29) is 12.5 Å². The average Bonchev–Trinajstić information content (AvgIpc) is 2.89. The van der Waals surface area contributed by atoms with Crippen LogP contribution in [-0.2, 0) is 16.1 Å². The van der Waals surface area contributed by atoms with Crippen molar-refractivity contribution in [1.82, 2.24) is 10.2 Å². The predicted octanol–water partition coefficient (Wildman–Crippen LogP) is 0.758. The Morgan fingerprint density at radius 3 is 3.11 bits per heavy atom. The van der Waals surface area contributed by atoms with Crippen LogP contribution in [0.25, 0.3) is 0 Å². The summed E-state index contributed by atoms with van der Waals surface area (Å²) < 4.78 is 10.3. The first-order valence-corrected chi connectivity index (χ1v) is 6.13. The fourth-order valence-electron chi connectivity index (χ4n) is 1.57. The first kappa shape index (κ1) is 15.2. The molecule has 1 aromatic heterocycles. The first-order chi connectivity index (χ1) is 9.26. The molecule has 6 heteroatoms. The Balaban J connectivity index is 2.40. The molecule has 0 atom stereocenters. The molecule has 1 amide bonds. The summed E-state index contributed by atoms with van der Waals surface area (Å²) in [6.07, 6.45) is 1.93. The van der Waals surface area contributed by atoms with Crippen molar-refractivity contribution in [1.29, 1.82) is 5.26 Å². The Kier molecular flexibility index (Phi) is 7.32. The molecule has 0 aliphatic carbocycles. The smallest absolute Gasteiger partial charge is 0.234 e. The largest absolute Gasteiger partial charge is 0.468 e. The number of amides is 1. The highest BCUT2D eigenvalue weighted by Crippen LogP contribution is 2.04. The minimum absolute atomic E-state index is 0.0992. The second-order valence-electron chi connectivity index (χ2n) is 4.04. The molecule has 0 aliphatic heterocycles. The van der Waals surface area contributed by atoms with Crippen LogP contribution >= 0.6 is 0 Å². The fraction of sp³-hybridized carbons (Fsp3) is 0.538. The number of carbonyl (C=O) groups is 1. The highest BCUT2D eigenvalue weighted by Gasteiger charge is 2.12. The molecule has 0 bridgehead atoms. The van der Waals surface area contributed by atoms with Gasteiger partial charge in [0.05, 0.1) is 38.4 Å². The molecular formula is C13H19N3O3. The number of nitriles is 1. The van der Waals surface area contributed by atoms with Crippen LogP contribution in [0.1, 0.15) is 12.2 Å². The minimum atomic E-state index is -0.0992. The number of methoxy groups -OCH3 is 1. The maximum Gasteiger partial charge on any atom is 0.234 e. The van der Waals surface area contributed by atoms with Gasteiger partial charge in [0, 0.05) is 20.2 Å². The van der Waals surface area contributed by atoms with Crippen molar-refractivity contribution in [2.45, 2.75) is 13.0 Å². The number of nitrogens with one attached hydrogen (secondary N) is 1. The minimum Gasteiger partial charge on any atom is -0.468 e. The van der Waals surface area contributed by atoms with Crippen molar-refractivity contribution >= 4 is 5.91 Å². The van der Waals surface area contributed by atoms with E-state index in [1.807, 2.05) is 23.1 Å². The number of rotatable bonds is 9. The van der Waals surface area contributed by atoms with Gasteiger partial charge in [-0.1, -0.05) is 0 Å². The lowest BCUT2D eigenvalue weighted by Gasteiger charge is -2.20.